The zero-order valence-corrected chi connectivity index (χ0v) is 23.0. The number of halogens is 5. The van der Waals surface area contributed by atoms with Gasteiger partial charge in [-0.25, -0.2) is 12.8 Å². The van der Waals surface area contributed by atoms with Gasteiger partial charge >= 0.3 is 6.18 Å². The minimum atomic E-state index is -4.83. The van der Waals surface area contributed by atoms with Crippen molar-refractivity contribution in [2.75, 3.05) is 17.4 Å². The molecule has 0 radical (unpaired) electrons. The van der Waals surface area contributed by atoms with Crippen LogP contribution in [-0.4, -0.2) is 44.3 Å². The molecule has 0 aliphatic carbocycles. The average Bonchev–Trinajstić information content (AvgIpc) is 2.91. The number of carbonyl (C=O) groups is 2. The molecule has 0 aromatic heterocycles. The first-order valence-electron chi connectivity index (χ1n) is 12.0. The second-order valence-electron chi connectivity index (χ2n) is 8.71. The predicted octanol–water partition coefficient (Wildman–Crippen LogP) is 5.25. The van der Waals surface area contributed by atoms with E-state index in [4.69, 9.17) is 11.6 Å². The summed E-state index contributed by atoms with van der Waals surface area (Å²) in [6.07, 6.45) is -4.83. The molecular weight excluding hydrogens is 574 g/mol. The maximum atomic E-state index is 13.7. The fourth-order valence-electron chi connectivity index (χ4n) is 3.80. The van der Waals surface area contributed by atoms with Crippen LogP contribution in [0.15, 0.2) is 77.7 Å². The second kappa shape index (κ2) is 12.7. The third-order valence-electron chi connectivity index (χ3n) is 5.94. The Morgan fingerprint density at radius 2 is 1.62 bits per heavy atom. The van der Waals surface area contributed by atoms with Gasteiger partial charge in [-0.1, -0.05) is 41.9 Å². The van der Waals surface area contributed by atoms with Gasteiger partial charge < -0.3 is 10.2 Å². The number of rotatable bonds is 10. The van der Waals surface area contributed by atoms with Crippen LogP contribution in [0, 0.1) is 5.82 Å². The Kier molecular flexibility index (Phi) is 9.80. The summed E-state index contributed by atoms with van der Waals surface area (Å²) in [6, 6.07) is 12.9. The number of hydrogen-bond acceptors (Lipinski definition) is 4. The number of benzene rings is 3. The van der Waals surface area contributed by atoms with Crippen molar-refractivity contribution in [1.29, 1.82) is 0 Å². The molecule has 13 heteroatoms. The standard InChI is InChI=1S/C27H26ClF4N3O4S/c1-3-33-26(37)18(2)34(16-19-9-12-21(29)13-10-19)25(36)17-35(40(38,39)22-7-5-4-6-8-22)24-15-20(27(30,31)32)11-14-23(24)28/h4-15,18H,3,16-17H2,1-2H3,(H,33,37)/t18-/m0/s1. The molecule has 0 heterocycles. The zero-order chi connectivity index (χ0) is 29.7. The highest BCUT2D eigenvalue weighted by atomic mass is 35.5. The van der Waals surface area contributed by atoms with Crippen molar-refractivity contribution < 1.29 is 35.6 Å². The molecule has 3 aromatic carbocycles. The first-order valence-corrected chi connectivity index (χ1v) is 13.8. The van der Waals surface area contributed by atoms with E-state index in [1.165, 1.54) is 43.3 Å². The molecule has 0 bridgehead atoms. The van der Waals surface area contributed by atoms with Gasteiger partial charge in [-0.3, -0.25) is 13.9 Å². The lowest BCUT2D eigenvalue weighted by molar-refractivity contribution is -0.139. The topological polar surface area (TPSA) is 86.8 Å². The number of alkyl halides is 3. The highest BCUT2D eigenvalue weighted by molar-refractivity contribution is 7.92. The Morgan fingerprint density at radius 3 is 2.20 bits per heavy atom. The largest absolute Gasteiger partial charge is 0.416 e. The molecule has 0 aliphatic heterocycles. The molecule has 3 rings (SSSR count). The zero-order valence-electron chi connectivity index (χ0n) is 21.5. The Bertz CT molecular complexity index is 1450. The van der Waals surface area contributed by atoms with Crippen LogP contribution in [0.3, 0.4) is 0 Å². The minimum Gasteiger partial charge on any atom is -0.355 e. The quantitative estimate of drug-likeness (QED) is 0.323. The third kappa shape index (κ3) is 7.30. The number of carbonyl (C=O) groups excluding carboxylic acids is 2. The van der Waals surface area contributed by atoms with Crippen LogP contribution in [0.2, 0.25) is 5.02 Å². The fraction of sp³-hybridized carbons (Fsp3) is 0.259. The van der Waals surface area contributed by atoms with Gasteiger partial charge in [0, 0.05) is 13.1 Å². The summed E-state index contributed by atoms with van der Waals surface area (Å²) >= 11 is 6.20. The van der Waals surface area contributed by atoms with Crippen LogP contribution in [0.4, 0.5) is 23.2 Å². The van der Waals surface area contributed by atoms with Crippen LogP contribution in [0.1, 0.15) is 25.0 Å². The van der Waals surface area contributed by atoms with Crippen molar-refractivity contribution >= 4 is 39.1 Å². The third-order valence-corrected chi connectivity index (χ3v) is 8.03. The number of sulfonamides is 1. The van der Waals surface area contributed by atoms with Crippen molar-refractivity contribution in [3.05, 3.63) is 94.8 Å². The molecule has 214 valence electrons. The summed E-state index contributed by atoms with van der Waals surface area (Å²) in [6.45, 7) is 2.13. The van der Waals surface area contributed by atoms with Gasteiger partial charge in [0.1, 0.15) is 18.4 Å². The van der Waals surface area contributed by atoms with Crippen LogP contribution in [-0.2, 0) is 32.3 Å². The van der Waals surface area contributed by atoms with E-state index in [-0.39, 0.29) is 23.0 Å². The number of anilines is 1. The number of nitrogens with one attached hydrogen (secondary N) is 1. The predicted molar refractivity (Wildman–Crippen MR) is 143 cm³/mol. The van der Waals surface area contributed by atoms with E-state index in [0.29, 0.717) is 22.0 Å². The Hall–Kier alpha value is -3.64. The molecule has 0 aliphatic rings. The normalized spacial score (nSPS) is 12.5. The molecule has 0 saturated carbocycles. The van der Waals surface area contributed by atoms with Gasteiger partial charge in [0.25, 0.3) is 10.0 Å². The molecule has 40 heavy (non-hydrogen) atoms. The average molecular weight is 600 g/mol. The number of hydrogen-bond donors (Lipinski definition) is 1. The minimum absolute atomic E-state index is 0.215. The number of nitrogens with zero attached hydrogens (tertiary/aromatic N) is 2. The summed E-state index contributed by atoms with van der Waals surface area (Å²) in [5, 5.41) is 2.23. The fourth-order valence-corrected chi connectivity index (χ4v) is 5.52. The first-order chi connectivity index (χ1) is 18.8. The lowest BCUT2D eigenvalue weighted by Gasteiger charge is -2.32. The van der Waals surface area contributed by atoms with Crippen LogP contribution < -0.4 is 9.62 Å². The van der Waals surface area contributed by atoms with Crippen molar-refractivity contribution in [3.8, 4) is 0 Å². The second-order valence-corrected chi connectivity index (χ2v) is 11.0. The Labute approximate surface area is 234 Å². The van der Waals surface area contributed by atoms with Crippen LogP contribution >= 0.6 is 11.6 Å². The molecule has 0 saturated heterocycles. The van der Waals surface area contributed by atoms with Gasteiger partial charge in [0.05, 0.1) is 21.2 Å². The summed E-state index contributed by atoms with van der Waals surface area (Å²) in [5.41, 5.74) is -1.31. The van der Waals surface area contributed by atoms with Crippen molar-refractivity contribution in [3.63, 3.8) is 0 Å². The van der Waals surface area contributed by atoms with E-state index in [9.17, 15) is 35.6 Å². The Morgan fingerprint density at radius 1 is 1.00 bits per heavy atom. The summed E-state index contributed by atoms with van der Waals surface area (Å²) < 4.78 is 82.0. The van der Waals surface area contributed by atoms with Crippen LogP contribution in [0.5, 0.6) is 0 Å². The lowest BCUT2D eigenvalue weighted by Crippen LogP contribution is -2.51. The van der Waals surface area contributed by atoms with E-state index >= 15 is 0 Å². The molecule has 0 fully saturated rings. The lowest BCUT2D eigenvalue weighted by atomic mass is 10.1. The molecule has 1 N–H and O–H groups in total. The number of likely N-dealkylation sites (N-methyl/N-ethyl adjacent to an activating group) is 1. The molecule has 2 amide bonds. The first kappa shape index (κ1) is 30.9. The van der Waals surface area contributed by atoms with Gasteiger partial charge in [-0.05, 0) is 61.9 Å². The number of amides is 2. The Balaban J connectivity index is 2.12. The SMILES string of the molecule is CCNC(=O)[C@H](C)N(Cc1ccc(F)cc1)C(=O)CN(c1cc(C(F)(F)F)ccc1Cl)S(=O)(=O)c1ccccc1. The summed E-state index contributed by atoms with van der Waals surface area (Å²) in [4.78, 5) is 27.2. The maximum Gasteiger partial charge on any atom is 0.416 e. The molecule has 0 spiro atoms. The highest BCUT2D eigenvalue weighted by Gasteiger charge is 2.36. The summed E-state index contributed by atoms with van der Waals surface area (Å²) in [7, 11) is -4.62. The van der Waals surface area contributed by atoms with E-state index in [2.05, 4.69) is 5.32 Å². The van der Waals surface area contributed by atoms with Gasteiger partial charge in [-0.2, -0.15) is 13.2 Å². The monoisotopic (exact) mass is 599 g/mol. The van der Waals surface area contributed by atoms with E-state index < -0.39 is 57.7 Å². The van der Waals surface area contributed by atoms with Gasteiger partial charge in [-0.15, -0.1) is 0 Å². The van der Waals surface area contributed by atoms with Crippen molar-refractivity contribution in [2.45, 2.75) is 37.5 Å². The molecule has 0 unspecified atom stereocenters. The van der Waals surface area contributed by atoms with Crippen molar-refractivity contribution in [2.24, 2.45) is 0 Å². The molecular formula is C27H26ClF4N3O4S. The molecule has 1 atom stereocenters. The van der Waals surface area contributed by atoms with Gasteiger partial charge in [0.2, 0.25) is 11.8 Å². The van der Waals surface area contributed by atoms with E-state index in [0.717, 1.165) is 23.1 Å². The summed E-state index contributed by atoms with van der Waals surface area (Å²) in [5.74, 6) is -1.98. The molecule has 3 aromatic rings. The van der Waals surface area contributed by atoms with Crippen LogP contribution in [0.25, 0.3) is 0 Å². The molecule has 7 nitrogen and oxygen atoms in total. The smallest absolute Gasteiger partial charge is 0.355 e. The van der Waals surface area contributed by atoms with Crippen molar-refractivity contribution in [1.82, 2.24) is 10.2 Å². The van der Waals surface area contributed by atoms with Gasteiger partial charge in [0.15, 0.2) is 0 Å². The maximum absolute atomic E-state index is 13.7. The van der Waals surface area contributed by atoms with E-state index in [1.807, 2.05) is 0 Å². The highest BCUT2D eigenvalue weighted by Crippen LogP contribution is 2.37. The van der Waals surface area contributed by atoms with E-state index in [1.54, 1.807) is 13.0 Å².